The lowest BCUT2D eigenvalue weighted by molar-refractivity contribution is -0.282. The highest BCUT2D eigenvalue weighted by atomic mass is 16.7. The molecule has 1 aromatic rings. The third-order valence-electron chi connectivity index (χ3n) is 5.48. The smallest absolute Gasteiger partial charge is 0.342 e. The van der Waals surface area contributed by atoms with E-state index in [4.69, 9.17) is 18.9 Å². The number of carbonyl (C=O) groups excluding carboxylic acids is 1. The molecule has 0 aliphatic carbocycles. The number of methoxy groups -OCH3 is 1. The van der Waals surface area contributed by atoms with Gasteiger partial charge in [0, 0.05) is 25.2 Å². The SMILES string of the molecule is C/C=C/CC[C@H]1Cc2c(O)c(O[C@@H]3O[C@H](CO)[C@@H](OC)[C@H](O)[C@H]3O)cc(O)c2C(=O)O1. The van der Waals surface area contributed by atoms with Crippen molar-refractivity contribution in [2.24, 2.45) is 0 Å². The summed E-state index contributed by atoms with van der Waals surface area (Å²) in [5, 5.41) is 51.1. The molecule has 0 radical (unpaired) electrons. The van der Waals surface area contributed by atoms with E-state index in [1.165, 1.54) is 7.11 Å². The lowest BCUT2D eigenvalue weighted by Crippen LogP contribution is -2.60. The molecule has 0 unspecified atom stereocenters. The van der Waals surface area contributed by atoms with Crippen molar-refractivity contribution in [3.05, 3.63) is 29.3 Å². The molecule has 0 amide bonds. The van der Waals surface area contributed by atoms with Crippen molar-refractivity contribution in [2.45, 2.75) is 63.0 Å². The molecule has 1 saturated heterocycles. The molecule has 2 heterocycles. The zero-order valence-electron chi connectivity index (χ0n) is 17.3. The van der Waals surface area contributed by atoms with E-state index in [2.05, 4.69) is 0 Å². The highest BCUT2D eigenvalue weighted by molar-refractivity contribution is 5.96. The molecule has 1 fully saturated rings. The van der Waals surface area contributed by atoms with Crippen LogP contribution in [0.1, 0.15) is 35.7 Å². The first-order chi connectivity index (χ1) is 14.8. The molecular weight excluding hydrogens is 412 g/mol. The number of phenolic OH excluding ortho intramolecular Hbond substituents is 2. The second-order valence-electron chi connectivity index (χ2n) is 7.50. The van der Waals surface area contributed by atoms with E-state index in [0.29, 0.717) is 12.8 Å². The number of rotatable bonds is 7. The summed E-state index contributed by atoms with van der Waals surface area (Å²) in [6.45, 7) is 1.37. The van der Waals surface area contributed by atoms with Gasteiger partial charge >= 0.3 is 5.97 Å². The normalized spacial score (nSPS) is 30.8. The van der Waals surface area contributed by atoms with E-state index in [1.807, 2.05) is 19.1 Å². The third-order valence-corrected chi connectivity index (χ3v) is 5.48. The van der Waals surface area contributed by atoms with Crippen LogP contribution in [0, 0.1) is 0 Å². The van der Waals surface area contributed by atoms with E-state index < -0.39 is 60.9 Å². The number of benzene rings is 1. The summed E-state index contributed by atoms with van der Waals surface area (Å²) in [5.41, 5.74) is 0.0148. The van der Waals surface area contributed by atoms with Crippen molar-refractivity contribution in [3.8, 4) is 17.2 Å². The second-order valence-corrected chi connectivity index (χ2v) is 7.50. The van der Waals surface area contributed by atoms with Crippen LogP contribution in [0.5, 0.6) is 17.2 Å². The van der Waals surface area contributed by atoms with E-state index in [9.17, 15) is 30.3 Å². The molecule has 5 N–H and O–H groups in total. The predicted molar refractivity (Wildman–Crippen MR) is 106 cm³/mol. The van der Waals surface area contributed by atoms with Gasteiger partial charge in [0.15, 0.2) is 11.5 Å². The fourth-order valence-corrected chi connectivity index (χ4v) is 3.86. The van der Waals surface area contributed by atoms with Crippen molar-refractivity contribution >= 4 is 5.97 Å². The Hall–Kier alpha value is -2.37. The Morgan fingerprint density at radius 3 is 2.65 bits per heavy atom. The molecule has 172 valence electrons. The highest BCUT2D eigenvalue weighted by Gasteiger charge is 2.46. The van der Waals surface area contributed by atoms with Crippen molar-refractivity contribution in [3.63, 3.8) is 0 Å². The molecule has 1 aromatic carbocycles. The zero-order chi connectivity index (χ0) is 22.7. The number of esters is 1. The number of aliphatic hydroxyl groups excluding tert-OH is 3. The Balaban J connectivity index is 1.86. The second kappa shape index (κ2) is 9.84. The maximum atomic E-state index is 12.4. The van der Waals surface area contributed by atoms with Crippen LogP contribution >= 0.6 is 0 Å². The van der Waals surface area contributed by atoms with Crippen molar-refractivity contribution in [1.29, 1.82) is 0 Å². The Labute approximate surface area is 179 Å². The van der Waals surface area contributed by atoms with Gasteiger partial charge in [0.1, 0.15) is 41.8 Å². The standard InChI is InChI=1S/C21H28O10/c1-3-4-5-6-10-7-11-15(20(27)29-10)12(23)8-13(16(11)24)30-21-18(26)17(25)19(28-2)14(9-22)31-21/h3-4,8,10,14,17-19,21-26H,5-7,9H2,1-2H3/b4-3+/t10-,14+,17+,18+,19+,21+/m0/s1. The van der Waals surface area contributed by atoms with E-state index >= 15 is 0 Å². The monoisotopic (exact) mass is 440 g/mol. The Morgan fingerprint density at radius 2 is 2.00 bits per heavy atom. The molecule has 31 heavy (non-hydrogen) atoms. The molecule has 10 nitrogen and oxygen atoms in total. The minimum Gasteiger partial charge on any atom is -0.507 e. The first-order valence-corrected chi connectivity index (χ1v) is 10.0. The highest BCUT2D eigenvalue weighted by Crippen LogP contribution is 2.43. The molecule has 6 atom stereocenters. The fraction of sp³-hybridized carbons (Fsp3) is 0.571. The van der Waals surface area contributed by atoms with Crippen LogP contribution in [-0.4, -0.2) is 82.0 Å². The van der Waals surface area contributed by atoms with Gasteiger partial charge < -0.3 is 44.5 Å². The van der Waals surface area contributed by atoms with Gasteiger partial charge in [0.05, 0.1) is 6.61 Å². The zero-order valence-corrected chi connectivity index (χ0v) is 17.3. The van der Waals surface area contributed by atoms with Gasteiger partial charge in [-0.2, -0.15) is 0 Å². The van der Waals surface area contributed by atoms with Crippen LogP contribution in [0.2, 0.25) is 0 Å². The van der Waals surface area contributed by atoms with Crippen molar-refractivity contribution in [1.82, 2.24) is 0 Å². The van der Waals surface area contributed by atoms with Gasteiger partial charge in [-0.05, 0) is 19.8 Å². The predicted octanol–water partition coefficient (Wildman–Crippen LogP) is 0.368. The quantitative estimate of drug-likeness (QED) is 0.228. The first-order valence-electron chi connectivity index (χ1n) is 10.0. The van der Waals surface area contributed by atoms with Crippen molar-refractivity contribution in [2.75, 3.05) is 13.7 Å². The summed E-state index contributed by atoms with van der Waals surface area (Å²) in [5.74, 6) is -1.86. The van der Waals surface area contributed by atoms with Crippen LogP contribution in [0.4, 0.5) is 0 Å². The maximum Gasteiger partial charge on any atom is 0.342 e. The number of aliphatic hydroxyl groups is 3. The van der Waals surface area contributed by atoms with E-state index in [-0.39, 0.29) is 23.3 Å². The number of carbonyl (C=O) groups is 1. The first kappa shape index (κ1) is 23.3. The number of hydrogen-bond donors (Lipinski definition) is 5. The summed E-state index contributed by atoms with van der Waals surface area (Å²) in [6.07, 6.45) is -1.75. The molecule has 3 rings (SSSR count). The number of cyclic esters (lactones) is 1. The third kappa shape index (κ3) is 4.63. The van der Waals surface area contributed by atoms with Gasteiger partial charge in [-0.3, -0.25) is 0 Å². The summed E-state index contributed by atoms with van der Waals surface area (Å²) < 4.78 is 21.4. The number of aromatic hydroxyl groups is 2. The Bertz CT molecular complexity index is 821. The lowest BCUT2D eigenvalue weighted by atomic mass is 9.94. The molecule has 10 heteroatoms. The van der Waals surface area contributed by atoms with Crippen LogP contribution < -0.4 is 4.74 Å². The van der Waals surface area contributed by atoms with Crippen LogP contribution in [-0.2, 0) is 20.6 Å². The maximum absolute atomic E-state index is 12.4. The number of phenols is 2. The minimum atomic E-state index is -1.57. The van der Waals surface area contributed by atoms with Gasteiger partial charge in [0.25, 0.3) is 0 Å². The fourth-order valence-electron chi connectivity index (χ4n) is 3.86. The number of fused-ring (bicyclic) bond motifs is 1. The number of hydrogen-bond acceptors (Lipinski definition) is 10. The average Bonchev–Trinajstić information content (AvgIpc) is 2.74. The summed E-state index contributed by atoms with van der Waals surface area (Å²) in [4.78, 5) is 12.4. The lowest BCUT2D eigenvalue weighted by Gasteiger charge is -2.41. The number of allylic oxidation sites excluding steroid dienone is 2. The Kier molecular flexibility index (Phi) is 7.39. The van der Waals surface area contributed by atoms with Crippen LogP contribution in [0.3, 0.4) is 0 Å². The molecular formula is C21H28O10. The molecule has 0 spiro atoms. The van der Waals surface area contributed by atoms with Crippen LogP contribution in [0.25, 0.3) is 0 Å². The van der Waals surface area contributed by atoms with Gasteiger partial charge in [-0.25, -0.2) is 4.79 Å². The molecule has 2 aliphatic heterocycles. The Morgan fingerprint density at radius 1 is 1.26 bits per heavy atom. The average molecular weight is 440 g/mol. The van der Waals surface area contributed by atoms with E-state index in [0.717, 1.165) is 6.07 Å². The van der Waals surface area contributed by atoms with Gasteiger partial charge in [-0.15, -0.1) is 0 Å². The van der Waals surface area contributed by atoms with Crippen LogP contribution in [0.15, 0.2) is 18.2 Å². The molecule has 0 saturated carbocycles. The molecule has 0 bridgehead atoms. The topological polar surface area (TPSA) is 155 Å². The number of ether oxygens (including phenoxy) is 4. The largest absolute Gasteiger partial charge is 0.507 e. The van der Waals surface area contributed by atoms with Crippen molar-refractivity contribution < 1.29 is 49.3 Å². The van der Waals surface area contributed by atoms with E-state index in [1.54, 1.807) is 0 Å². The molecule has 2 aliphatic rings. The van der Waals surface area contributed by atoms with Gasteiger partial charge in [-0.1, -0.05) is 12.2 Å². The summed E-state index contributed by atoms with van der Waals surface area (Å²) >= 11 is 0. The molecule has 0 aromatic heterocycles. The minimum absolute atomic E-state index is 0.148. The van der Waals surface area contributed by atoms with Gasteiger partial charge in [0.2, 0.25) is 6.29 Å². The summed E-state index contributed by atoms with van der Waals surface area (Å²) in [6, 6.07) is 1.01. The summed E-state index contributed by atoms with van der Waals surface area (Å²) in [7, 11) is 1.30.